The Morgan fingerprint density at radius 2 is 0.724 bits per heavy atom. The molecule has 176 valence electrons. The lowest BCUT2D eigenvalue weighted by Gasteiger charge is -2.62. The van der Waals surface area contributed by atoms with Crippen LogP contribution in [0.1, 0.15) is 96.9 Å². The van der Waals surface area contributed by atoms with E-state index >= 15 is 0 Å². The van der Waals surface area contributed by atoms with E-state index in [4.69, 9.17) is 0 Å². The van der Waals surface area contributed by atoms with Gasteiger partial charge in [-0.15, -0.1) is 0 Å². The maximum atomic E-state index is 3.24. The van der Waals surface area contributed by atoms with E-state index in [1.54, 1.807) is 0 Å². The Morgan fingerprint density at radius 3 is 0.862 bits per heavy atom. The fourth-order valence-electron chi connectivity index (χ4n) is 6.48. The van der Waals surface area contributed by atoms with E-state index in [0.717, 1.165) is 0 Å². The van der Waals surface area contributed by atoms with E-state index in [1.165, 1.54) is 30.7 Å². The standard InChI is InChI=1S/C24H57N3Si2/c1-15-28(16-2,26(21(7)8)22(9)10)25(19-20(5)6)29(17-3,18-4)27(23(11)12)24(13)14/h20-24H,15-19H2,1-14H3. The second-order valence-corrected chi connectivity index (χ2v) is 19.9. The smallest absolute Gasteiger partial charge is 0.200 e. The van der Waals surface area contributed by atoms with Gasteiger partial charge in [0, 0.05) is 0 Å². The number of rotatable bonds is 14. The first-order chi connectivity index (χ1) is 13.3. The van der Waals surface area contributed by atoms with Crippen LogP contribution in [0, 0.1) is 5.92 Å². The molecule has 0 saturated heterocycles. The molecule has 0 aliphatic heterocycles. The van der Waals surface area contributed by atoms with Crippen molar-refractivity contribution in [3.8, 4) is 0 Å². The average Bonchev–Trinajstić information content (AvgIpc) is 2.60. The predicted molar refractivity (Wildman–Crippen MR) is 139 cm³/mol. The minimum Gasteiger partial charge on any atom is -0.321 e. The van der Waals surface area contributed by atoms with Gasteiger partial charge in [-0.1, -0.05) is 96.9 Å². The molecule has 0 fully saturated rings. The van der Waals surface area contributed by atoms with Gasteiger partial charge >= 0.3 is 0 Å². The van der Waals surface area contributed by atoms with Crippen LogP contribution in [0.2, 0.25) is 24.2 Å². The van der Waals surface area contributed by atoms with Crippen LogP contribution in [0.3, 0.4) is 0 Å². The SMILES string of the molecule is CC[Si](CC)(N(C(C)C)C(C)C)N(CC(C)C)[Si](CC)(CC)N(C(C)C)C(C)C. The van der Waals surface area contributed by atoms with Crippen LogP contribution in [0.25, 0.3) is 0 Å². The van der Waals surface area contributed by atoms with Crippen molar-refractivity contribution in [2.24, 2.45) is 5.92 Å². The Balaban J connectivity index is 7.05. The Morgan fingerprint density at radius 1 is 0.483 bits per heavy atom. The van der Waals surface area contributed by atoms with E-state index in [-0.39, 0.29) is 0 Å². The summed E-state index contributed by atoms with van der Waals surface area (Å²) in [6, 6.07) is 7.70. The van der Waals surface area contributed by atoms with Crippen molar-refractivity contribution in [3.05, 3.63) is 0 Å². The van der Waals surface area contributed by atoms with Crippen molar-refractivity contribution < 1.29 is 0 Å². The molecule has 3 nitrogen and oxygen atoms in total. The van der Waals surface area contributed by atoms with Crippen LogP contribution in [0.4, 0.5) is 0 Å². The van der Waals surface area contributed by atoms with Crippen LogP contribution in [-0.2, 0) is 0 Å². The molecule has 0 aliphatic carbocycles. The molecule has 0 unspecified atom stereocenters. The highest BCUT2D eigenvalue weighted by molar-refractivity contribution is 6.90. The first-order valence-electron chi connectivity index (χ1n) is 12.7. The van der Waals surface area contributed by atoms with Crippen LogP contribution in [-0.4, -0.2) is 60.9 Å². The van der Waals surface area contributed by atoms with Gasteiger partial charge < -0.3 is 13.4 Å². The molecule has 0 heterocycles. The summed E-state index contributed by atoms with van der Waals surface area (Å²) in [7, 11) is -3.67. The Bertz CT molecular complexity index is 389. The monoisotopic (exact) mass is 443 g/mol. The van der Waals surface area contributed by atoms with Gasteiger partial charge in [-0.2, -0.15) is 0 Å². The van der Waals surface area contributed by atoms with Gasteiger partial charge in [-0.3, -0.25) is 0 Å². The largest absolute Gasteiger partial charge is 0.321 e. The molecule has 5 heteroatoms. The fraction of sp³-hybridized carbons (Fsp3) is 1.00. The summed E-state index contributed by atoms with van der Waals surface area (Å²) in [6.07, 6.45) is 0. The Hall–Kier alpha value is 0.314. The van der Waals surface area contributed by atoms with Gasteiger partial charge in [-0.05, 0) is 60.8 Å². The third-order valence-corrected chi connectivity index (χ3v) is 20.4. The van der Waals surface area contributed by atoms with E-state index in [2.05, 4.69) is 110 Å². The van der Waals surface area contributed by atoms with Crippen LogP contribution in [0.15, 0.2) is 0 Å². The highest BCUT2D eigenvalue weighted by atomic mass is 28.4. The summed E-state index contributed by atoms with van der Waals surface area (Å²) in [5, 5.41) is 0. The lowest BCUT2D eigenvalue weighted by Crippen LogP contribution is -2.81. The minimum atomic E-state index is -1.84. The molecule has 0 N–H and O–H groups in total. The molecular formula is C24H57N3Si2. The lowest BCUT2D eigenvalue weighted by molar-refractivity contribution is 0.229. The molecule has 0 bridgehead atoms. The van der Waals surface area contributed by atoms with Gasteiger partial charge in [-0.25, -0.2) is 0 Å². The van der Waals surface area contributed by atoms with Gasteiger partial charge in [0.15, 0.2) is 0 Å². The maximum absolute atomic E-state index is 3.24. The summed E-state index contributed by atoms with van der Waals surface area (Å²) >= 11 is 0. The summed E-state index contributed by atoms with van der Waals surface area (Å²) < 4.78 is 9.22. The van der Waals surface area contributed by atoms with Gasteiger partial charge in [0.1, 0.15) is 0 Å². The fourth-order valence-corrected chi connectivity index (χ4v) is 22.0. The lowest BCUT2D eigenvalue weighted by atomic mass is 10.2. The number of hydrogen-bond acceptors (Lipinski definition) is 3. The average molecular weight is 444 g/mol. The summed E-state index contributed by atoms with van der Waals surface area (Å²) in [5.74, 6) is 0.701. The molecule has 29 heavy (non-hydrogen) atoms. The van der Waals surface area contributed by atoms with Crippen molar-refractivity contribution in [1.82, 2.24) is 13.4 Å². The Labute approximate surface area is 187 Å². The third-order valence-electron chi connectivity index (χ3n) is 7.00. The maximum Gasteiger partial charge on any atom is 0.200 e. The highest BCUT2D eigenvalue weighted by Crippen LogP contribution is 2.39. The van der Waals surface area contributed by atoms with Crippen LogP contribution < -0.4 is 0 Å². The molecule has 0 radical (unpaired) electrons. The van der Waals surface area contributed by atoms with Crippen molar-refractivity contribution >= 4 is 16.8 Å². The molecule has 0 spiro atoms. The molecule has 0 atom stereocenters. The first-order valence-corrected chi connectivity index (χ1v) is 17.3. The van der Waals surface area contributed by atoms with E-state index in [1.807, 2.05) is 0 Å². The summed E-state index contributed by atoms with van der Waals surface area (Å²) in [6.45, 7) is 35.6. The zero-order chi connectivity index (χ0) is 23.2. The molecule has 0 aromatic carbocycles. The molecule has 0 rings (SSSR count). The first kappa shape index (κ1) is 29.3. The zero-order valence-corrected chi connectivity index (χ0v) is 24.8. The Kier molecular flexibility index (Phi) is 12.5. The zero-order valence-electron chi connectivity index (χ0n) is 22.8. The molecule has 0 aromatic heterocycles. The van der Waals surface area contributed by atoms with Crippen molar-refractivity contribution in [3.63, 3.8) is 0 Å². The molecule has 0 saturated carbocycles. The molecule has 0 amide bonds. The van der Waals surface area contributed by atoms with Crippen molar-refractivity contribution in [2.75, 3.05) is 6.54 Å². The minimum absolute atomic E-state index is 0.600. The van der Waals surface area contributed by atoms with Gasteiger partial charge in [0.2, 0.25) is 16.8 Å². The molecule has 0 aliphatic rings. The third kappa shape index (κ3) is 6.18. The van der Waals surface area contributed by atoms with Crippen LogP contribution in [0.5, 0.6) is 0 Å². The van der Waals surface area contributed by atoms with Crippen molar-refractivity contribution in [1.29, 1.82) is 0 Å². The number of hydrogen-bond donors (Lipinski definition) is 0. The second-order valence-electron chi connectivity index (χ2n) is 10.6. The van der Waals surface area contributed by atoms with Crippen LogP contribution >= 0.6 is 0 Å². The quantitative estimate of drug-likeness (QED) is 0.264. The van der Waals surface area contributed by atoms with E-state index < -0.39 is 16.8 Å². The molecule has 0 aromatic rings. The van der Waals surface area contributed by atoms with E-state index in [0.29, 0.717) is 30.1 Å². The summed E-state index contributed by atoms with van der Waals surface area (Å²) in [5.41, 5.74) is 0. The predicted octanol–water partition coefficient (Wildman–Crippen LogP) is 7.15. The number of nitrogens with zero attached hydrogens (tertiary/aromatic N) is 3. The molecular weight excluding hydrogens is 386 g/mol. The topological polar surface area (TPSA) is 9.72 Å². The van der Waals surface area contributed by atoms with Gasteiger partial charge in [0.05, 0.1) is 0 Å². The normalized spacial score (nSPS) is 14.3. The highest BCUT2D eigenvalue weighted by Gasteiger charge is 2.56. The summed E-state index contributed by atoms with van der Waals surface area (Å²) in [4.78, 5) is 0. The second kappa shape index (κ2) is 12.4. The van der Waals surface area contributed by atoms with Crippen molar-refractivity contribution in [2.45, 2.75) is 145 Å². The van der Waals surface area contributed by atoms with Gasteiger partial charge in [0.25, 0.3) is 0 Å². The van der Waals surface area contributed by atoms with E-state index in [9.17, 15) is 0 Å².